The summed E-state index contributed by atoms with van der Waals surface area (Å²) < 4.78 is 5.04. The number of ether oxygens (including phenoxy) is 1. The fourth-order valence-electron chi connectivity index (χ4n) is 1.33. The third-order valence-corrected chi connectivity index (χ3v) is 2.34. The summed E-state index contributed by atoms with van der Waals surface area (Å²) in [4.78, 5) is 0. The van der Waals surface area contributed by atoms with Gasteiger partial charge < -0.3 is 15.2 Å². The highest BCUT2D eigenvalue weighted by atomic mass is 16.5. The third kappa shape index (κ3) is 3.09. The Balaban J connectivity index is 2.21. The standard InChI is InChI=1S/C9H19NO2/c1-7(6-12-2)9(5-11)10-8-3-4-8/h7-11H,3-6H2,1-2H3. The summed E-state index contributed by atoms with van der Waals surface area (Å²) in [6.45, 7) is 3.02. The Kier molecular flexibility index (Phi) is 3.98. The first-order chi connectivity index (χ1) is 5.77. The number of nitrogens with one attached hydrogen (secondary N) is 1. The zero-order chi connectivity index (χ0) is 8.97. The Hall–Kier alpha value is -0.120. The maximum atomic E-state index is 9.08. The fourth-order valence-corrected chi connectivity index (χ4v) is 1.33. The molecule has 1 aliphatic rings. The van der Waals surface area contributed by atoms with Gasteiger partial charge in [0, 0.05) is 19.2 Å². The van der Waals surface area contributed by atoms with E-state index in [0.29, 0.717) is 18.6 Å². The summed E-state index contributed by atoms with van der Waals surface area (Å²) in [7, 11) is 1.70. The van der Waals surface area contributed by atoms with E-state index in [4.69, 9.17) is 9.84 Å². The number of methoxy groups -OCH3 is 1. The summed E-state index contributed by atoms with van der Waals surface area (Å²) in [6, 6.07) is 0.860. The van der Waals surface area contributed by atoms with Crippen LogP contribution in [0.2, 0.25) is 0 Å². The van der Waals surface area contributed by atoms with Crippen LogP contribution in [0.4, 0.5) is 0 Å². The molecule has 0 amide bonds. The molecule has 0 aromatic heterocycles. The molecular weight excluding hydrogens is 154 g/mol. The van der Waals surface area contributed by atoms with E-state index in [1.165, 1.54) is 12.8 Å². The number of aliphatic hydroxyl groups excluding tert-OH is 1. The Bertz CT molecular complexity index is 126. The molecule has 1 fully saturated rings. The maximum Gasteiger partial charge on any atom is 0.0588 e. The SMILES string of the molecule is COCC(C)C(CO)NC1CC1. The fraction of sp³-hybridized carbons (Fsp3) is 1.00. The average molecular weight is 173 g/mol. The van der Waals surface area contributed by atoms with Crippen LogP contribution in [-0.4, -0.2) is 37.5 Å². The minimum Gasteiger partial charge on any atom is -0.395 e. The highest BCUT2D eigenvalue weighted by Crippen LogP contribution is 2.20. The summed E-state index contributed by atoms with van der Waals surface area (Å²) in [5.41, 5.74) is 0. The molecule has 1 rings (SSSR count). The number of aliphatic hydroxyl groups is 1. The molecule has 3 heteroatoms. The highest BCUT2D eigenvalue weighted by Gasteiger charge is 2.26. The zero-order valence-electron chi connectivity index (χ0n) is 7.92. The molecule has 0 aromatic rings. The van der Waals surface area contributed by atoms with Crippen molar-refractivity contribution in [1.29, 1.82) is 0 Å². The molecule has 2 atom stereocenters. The Labute approximate surface area is 74.1 Å². The average Bonchev–Trinajstić information content (AvgIpc) is 2.84. The molecule has 0 aliphatic heterocycles. The van der Waals surface area contributed by atoms with Crippen LogP contribution in [0.3, 0.4) is 0 Å². The highest BCUT2D eigenvalue weighted by molar-refractivity contribution is 4.86. The second-order valence-corrected chi connectivity index (χ2v) is 3.66. The van der Waals surface area contributed by atoms with Gasteiger partial charge in [-0.1, -0.05) is 6.92 Å². The lowest BCUT2D eigenvalue weighted by Gasteiger charge is -2.22. The van der Waals surface area contributed by atoms with Crippen LogP contribution < -0.4 is 5.32 Å². The minimum atomic E-state index is 0.206. The van der Waals surface area contributed by atoms with Crippen molar-refractivity contribution in [2.45, 2.75) is 31.8 Å². The van der Waals surface area contributed by atoms with E-state index in [2.05, 4.69) is 12.2 Å². The predicted octanol–water partition coefficient (Wildman–Crippen LogP) is 0.382. The molecule has 12 heavy (non-hydrogen) atoms. The largest absolute Gasteiger partial charge is 0.395 e. The van der Waals surface area contributed by atoms with Gasteiger partial charge in [0.1, 0.15) is 0 Å². The van der Waals surface area contributed by atoms with Crippen molar-refractivity contribution >= 4 is 0 Å². The second kappa shape index (κ2) is 4.80. The summed E-state index contributed by atoms with van der Waals surface area (Å²) in [5.74, 6) is 0.389. The van der Waals surface area contributed by atoms with Crippen molar-refractivity contribution in [2.75, 3.05) is 20.3 Å². The van der Waals surface area contributed by atoms with E-state index in [0.717, 1.165) is 0 Å². The van der Waals surface area contributed by atoms with Gasteiger partial charge in [0.2, 0.25) is 0 Å². The first kappa shape index (κ1) is 9.96. The quantitative estimate of drug-likeness (QED) is 0.610. The topological polar surface area (TPSA) is 41.5 Å². The van der Waals surface area contributed by atoms with Crippen LogP contribution in [0, 0.1) is 5.92 Å². The number of hydrogen-bond acceptors (Lipinski definition) is 3. The van der Waals surface area contributed by atoms with E-state index >= 15 is 0 Å². The molecule has 72 valence electrons. The predicted molar refractivity (Wildman–Crippen MR) is 48.1 cm³/mol. The van der Waals surface area contributed by atoms with E-state index in [1.54, 1.807) is 7.11 Å². The van der Waals surface area contributed by atoms with Crippen LogP contribution in [0.5, 0.6) is 0 Å². The lowest BCUT2D eigenvalue weighted by molar-refractivity contribution is 0.114. The first-order valence-corrected chi connectivity index (χ1v) is 4.63. The lowest BCUT2D eigenvalue weighted by atomic mass is 10.0. The molecular formula is C9H19NO2. The van der Waals surface area contributed by atoms with Crippen LogP contribution in [-0.2, 0) is 4.74 Å². The molecule has 2 N–H and O–H groups in total. The van der Waals surface area contributed by atoms with Crippen molar-refractivity contribution in [3.63, 3.8) is 0 Å². The molecule has 1 saturated carbocycles. The van der Waals surface area contributed by atoms with Gasteiger partial charge in [-0.2, -0.15) is 0 Å². The van der Waals surface area contributed by atoms with Crippen LogP contribution in [0.15, 0.2) is 0 Å². The molecule has 0 bridgehead atoms. The molecule has 0 saturated heterocycles. The second-order valence-electron chi connectivity index (χ2n) is 3.66. The number of rotatable bonds is 6. The minimum absolute atomic E-state index is 0.206. The van der Waals surface area contributed by atoms with Gasteiger partial charge in [0.25, 0.3) is 0 Å². The summed E-state index contributed by atoms with van der Waals surface area (Å²) in [5, 5.41) is 12.5. The summed E-state index contributed by atoms with van der Waals surface area (Å²) >= 11 is 0. The van der Waals surface area contributed by atoms with Crippen molar-refractivity contribution < 1.29 is 9.84 Å². The van der Waals surface area contributed by atoms with E-state index in [-0.39, 0.29) is 12.6 Å². The van der Waals surface area contributed by atoms with E-state index in [1.807, 2.05) is 0 Å². The monoisotopic (exact) mass is 173 g/mol. The first-order valence-electron chi connectivity index (χ1n) is 4.63. The van der Waals surface area contributed by atoms with Crippen molar-refractivity contribution in [1.82, 2.24) is 5.32 Å². The third-order valence-electron chi connectivity index (χ3n) is 2.34. The van der Waals surface area contributed by atoms with Gasteiger partial charge in [0.05, 0.1) is 13.2 Å². The maximum absolute atomic E-state index is 9.08. The zero-order valence-corrected chi connectivity index (χ0v) is 7.92. The van der Waals surface area contributed by atoms with Crippen LogP contribution >= 0.6 is 0 Å². The molecule has 0 heterocycles. The molecule has 0 radical (unpaired) electrons. The molecule has 3 nitrogen and oxygen atoms in total. The van der Waals surface area contributed by atoms with Crippen LogP contribution in [0.1, 0.15) is 19.8 Å². The van der Waals surface area contributed by atoms with Crippen molar-refractivity contribution in [3.8, 4) is 0 Å². The molecule has 0 aromatic carbocycles. The molecule has 0 spiro atoms. The Morgan fingerprint density at radius 2 is 2.25 bits per heavy atom. The Morgan fingerprint density at radius 1 is 1.58 bits per heavy atom. The normalized spacial score (nSPS) is 22.2. The Morgan fingerprint density at radius 3 is 2.67 bits per heavy atom. The summed E-state index contributed by atoms with van der Waals surface area (Å²) in [6.07, 6.45) is 2.52. The van der Waals surface area contributed by atoms with Crippen molar-refractivity contribution in [3.05, 3.63) is 0 Å². The molecule has 1 aliphatic carbocycles. The smallest absolute Gasteiger partial charge is 0.0588 e. The van der Waals surface area contributed by atoms with Gasteiger partial charge in [-0.05, 0) is 18.8 Å². The van der Waals surface area contributed by atoms with Gasteiger partial charge in [-0.15, -0.1) is 0 Å². The number of hydrogen-bond donors (Lipinski definition) is 2. The van der Waals surface area contributed by atoms with Crippen molar-refractivity contribution in [2.24, 2.45) is 5.92 Å². The van der Waals surface area contributed by atoms with Gasteiger partial charge in [0.15, 0.2) is 0 Å². The lowest BCUT2D eigenvalue weighted by Crippen LogP contribution is -2.41. The van der Waals surface area contributed by atoms with Crippen LogP contribution in [0.25, 0.3) is 0 Å². The van der Waals surface area contributed by atoms with E-state index < -0.39 is 0 Å². The van der Waals surface area contributed by atoms with Gasteiger partial charge >= 0.3 is 0 Å². The van der Waals surface area contributed by atoms with Gasteiger partial charge in [-0.25, -0.2) is 0 Å². The van der Waals surface area contributed by atoms with E-state index in [9.17, 15) is 0 Å². The van der Waals surface area contributed by atoms with Gasteiger partial charge in [-0.3, -0.25) is 0 Å². The molecule has 2 unspecified atom stereocenters.